The van der Waals surface area contributed by atoms with Gasteiger partial charge in [0, 0.05) is 42.7 Å². The highest BCUT2D eigenvalue weighted by Crippen LogP contribution is 2.53. The van der Waals surface area contributed by atoms with E-state index in [1.54, 1.807) is 30.3 Å². The zero-order valence-electron chi connectivity index (χ0n) is 22.9. The first-order chi connectivity index (χ1) is 17.9. The van der Waals surface area contributed by atoms with Gasteiger partial charge in [-0.2, -0.15) is 0 Å². The summed E-state index contributed by atoms with van der Waals surface area (Å²) in [5, 5.41) is 0. The average Bonchev–Trinajstić information content (AvgIpc) is 2.81. The molecule has 5 rings (SSSR count). The highest BCUT2D eigenvalue weighted by Gasteiger charge is 2.48. The number of aryl methyl sites for hydroxylation is 1. The molecule has 0 saturated carbocycles. The van der Waals surface area contributed by atoms with Crippen LogP contribution in [0.4, 0.5) is 0 Å². The van der Waals surface area contributed by atoms with Gasteiger partial charge in [-0.1, -0.05) is 51.5 Å². The van der Waals surface area contributed by atoms with E-state index in [1.807, 2.05) is 19.1 Å². The van der Waals surface area contributed by atoms with E-state index in [-0.39, 0.29) is 28.1 Å². The van der Waals surface area contributed by atoms with Crippen molar-refractivity contribution in [2.24, 2.45) is 10.8 Å². The van der Waals surface area contributed by atoms with Gasteiger partial charge >= 0.3 is 5.97 Å². The van der Waals surface area contributed by atoms with Crippen LogP contribution in [0.3, 0.4) is 0 Å². The summed E-state index contributed by atoms with van der Waals surface area (Å²) in [6.07, 6.45) is 2.02. The fourth-order valence-corrected chi connectivity index (χ4v) is 5.89. The molecule has 198 valence electrons. The normalized spacial score (nSPS) is 20.5. The summed E-state index contributed by atoms with van der Waals surface area (Å²) < 4.78 is 17.7. The Morgan fingerprint density at radius 2 is 1.45 bits per heavy atom. The van der Waals surface area contributed by atoms with Crippen molar-refractivity contribution in [2.45, 2.75) is 66.2 Å². The molecule has 1 aliphatic heterocycles. The lowest BCUT2D eigenvalue weighted by molar-refractivity contribution is -0.120. The van der Waals surface area contributed by atoms with E-state index in [0.717, 1.165) is 11.1 Å². The van der Waals surface area contributed by atoms with Gasteiger partial charge < -0.3 is 14.2 Å². The van der Waals surface area contributed by atoms with Crippen LogP contribution in [0.1, 0.15) is 80.8 Å². The first-order valence-corrected chi connectivity index (χ1v) is 13.0. The Labute approximate surface area is 223 Å². The van der Waals surface area contributed by atoms with E-state index in [2.05, 4.69) is 27.7 Å². The number of hydrogen-bond acceptors (Lipinski definition) is 6. The third-order valence-electron chi connectivity index (χ3n) is 7.56. The predicted molar refractivity (Wildman–Crippen MR) is 143 cm³/mol. The highest BCUT2D eigenvalue weighted by molar-refractivity contribution is 6.06. The number of carbonyl (C=O) groups excluding carboxylic acids is 3. The quantitative estimate of drug-likeness (QED) is 0.337. The molecule has 2 aromatic rings. The molecule has 0 bridgehead atoms. The van der Waals surface area contributed by atoms with Gasteiger partial charge in [-0.25, -0.2) is 4.79 Å². The third kappa shape index (κ3) is 4.80. The molecule has 0 amide bonds. The molecular weight excluding hydrogens is 480 g/mol. The summed E-state index contributed by atoms with van der Waals surface area (Å²) in [5.74, 6) is 0.908. The molecule has 38 heavy (non-hydrogen) atoms. The summed E-state index contributed by atoms with van der Waals surface area (Å²) in [4.78, 5) is 39.8. The molecule has 1 heterocycles. The van der Waals surface area contributed by atoms with Crippen LogP contribution in [-0.2, 0) is 14.3 Å². The van der Waals surface area contributed by atoms with E-state index in [1.165, 1.54) is 7.11 Å². The number of Topliss-reactive ketones (excluding diaryl/α,β-unsaturated/α-hetero) is 2. The molecule has 0 spiro atoms. The van der Waals surface area contributed by atoms with Crippen LogP contribution in [0, 0.1) is 17.8 Å². The number of ketones is 2. The maximum absolute atomic E-state index is 13.5. The molecule has 0 atom stereocenters. The number of hydrogen-bond donors (Lipinski definition) is 0. The zero-order chi connectivity index (χ0) is 27.4. The molecule has 0 fully saturated rings. The van der Waals surface area contributed by atoms with Crippen LogP contribution in [0.2, 0.25) is 0 Å². The Balaban J connectivity index is 1.58. The Hall–Kier alpha value is -3.67. The van der Waals surface area contributed by atoms with Crippen molar-refractivity contribution in [3.8, 4) is 11.5 Å². The Kier molecular flexibility index (Phi) is 6.33. The van der Waals surface area contributed by atoms with Gasteiger partial charge in [0.05, 0.1) is 12.7 Å². The van der Waals surface area contributed by atoms with Crippen molar-refractivity contribution >= 4 is 17.5 Å². The highest BCUT2D eigenvalue weighted by atomic mass is 16.6. The minimum Gasteiger partial charge on any atom is -0.493 e. The molecule has 3 aliphatic rings. The van der Waals surface area contributed by atoms with Gasteiger partial charge in [-0.15, -0.1) is 0 Å². The third-order valence-corrected chi connectivity index (χ3v) is 7.56. The van der Waals surface area contributed by atoms with Crippen LogP contribution >= 0.6 is 0 Å². The van der Waals surface area contributed by atoms with Crippen molar-refractivity contribution < 1.29 is 28.6 Å². The number of allylic oxidation sites excluding steroid dienone is 4. The molecule has 6 nitrogen and oxygen atoms in total. The summed E-state index contributed by atoms with van der Waals surface area (Å²) >= 11 is 0. The predicted octanol–water partition coefficient (Wildman–Crippen LogP) is 6.62. The Morgan fingerprint density at radius 1 is 0.842 bits per heavy atom. The van der Waals surface area contributed by atoms with E-state index in [9.17, 15) is 14.4 Å². The second-order valence-electron chi connectivity index (χ2n) is 12.3. The number of benzene rings is 2. The van der Waals surface area contributed by atoms with Gasteiger partial charge in [0.15, 0.2) is 23.1 Å². The van der Waals surface area contributed by atoms with Gasteiger partial charge in [-0.05, 0) is 47.6 Å². The first-order valence-electron chi connectivity index (χ1n) is 13.0. The lowest BCUT2D eigenvalue weighted by atomic mass is 9.65. The molecule has 0 N–H and O–H groups in total. The lowest BCUT2D eigenvalue weighted by Crippen LogP contribution is -2.37. The van der Waals surface area contributed by atoms with Crippen LogP contribution in [0.15, 0.2) is 65.1 Å². The summed E-state index contributed by atoms with van der Waals surface area (Å²) in [5.41, 5.74) is 2.80. The van der Waals surface area contributed by atoms with Crippen LogP contribution in [-0.4, -0.2) is 24.6 Å². The minimum atomic E-state index is -0.545. The molecule has 0 radical (unpaired) electrons. The van der Waals surface area contributed by atoms with E-state index >= 15 is 0 Å². The largest absolute Gasteiger partial charge is 0.493 e. The van der Waals surface area contributed by atoms with Crippen molar-refractivity contribution in [1.82, 2.24) is 0 Å². The lowest BCUT2D eigenvalue weighted by Gasteiger charge is -2.42. The zero-order valence-corrected chi connectivity index (χ0v) is 22.9. The standard InChI is InChI=1S/C32H34O6/c1-18-8-7-9-20(12-18)30(35)38-23-11-10-19(13-24(23)36-6)27-28-21(33)14-31(2,3)16-25(28)37-26-17-32(4,5)15-22(34)29(26)27/h7-13,27H,14-17H2,1-6H3. The molecule has 0 aromatic heterocycles. The molecular formula is C32H34O6. The van der Waals surface area contributed by atoms with E-state index in [4.69, 9.17) is 14.2 Å². The fraction of sp³-hybridized carbons (Fsp3) is 0.406. The second-order valence-corrected chi connectivity index (χ2v) is 12.3. The average molecular weight is 515 g/mol. The summed E-state index contributed by atoms with van der Waals surface area (Å²) in [6.45, 7) is 10.2. The number of esters is 1. The van der Waals surface area contributed by atoms with Crippen molar-refractivity contribution in [3.05, 3.63) is 81.8 Å². The Bertz CT molecular complexity index is 1370. The smallest absolute Gasteiger partial charge is 0.343 e. The van der Waals surface area contributed by atoms with Gasteiger partial charge in [0.2, 0.25) is 0 Å². The molecule has 2 aliphatic carbocycles. The molecule has 6 heteroatoms. The monoisotopic (exact) mass is 514 g/mol. The van der Waals surface area contributed by atoms with E-state index < -0.39 is 11.9 Å². The van der Waals surface area contributed by atoms with Crippen molar-refractivity contribution in [3.63, 3.8) is 0 Å². The minimum absolute atomic E-state index is 0.000600. The fourth-order valence-electron chi connectivity index (χ4n) is 5.89. The number of rotatable bonds is 4. The number of methoxy groups -OCH3 is 1. The summed E-state index contributed by atoms with van der Waals surface area (Å²) in [6, 6.07) is 12.4. The van der Waals surface area contributed by atoms with Gasteiger partial charge in [0.25, 0.3) is 0 Å². The molecule has 0 saturated heterocycles. The second kappa shape index (κ2) is 9.26. The first kappa shape index (κ1) is 26.0. The maximum atomic E-state index is 13.5. The van der Waals surface area contributed by atoms with Gasteiger partial charge in [0.1, 0.15) is 11.5 Å². The molecule has 2 aromatic carbocycles. The number of ether oxygens (including phenoxy) is 3. The topological polar surface area (TPSA) is 78.9 Å². The van der Waals surface area contributed by atoms with Crippen LogP contribution < -0.4 is 9.47 Å². The van der Waals surface area contributed by atoms with Crippen molar-refractivity contribution in [2.75, 3.05) is 7.11 Å². The van der Waals surface area contributed by atoms with Crippen LogP contribution in [0.25, 0.3) is 0 Å². The summed E-state index contributed by atoms with van der Waals surface area (Å²) in [7, 11) is 1.51. The van der Waals surface area contributed by atoms with Crippen molar-refractivity contribution in [1.29, 1.82) is 0 Å². The van der Waals surface area contributed by atoms with Crippen LogP contribution in [0.5, 0.6) is 11.5 Å². The SMILES string of the molecule is COc1cc(C2C3=C(CC(C)(C)CC3=O)OC3=C2C(=O)CC(C)(C)C3)ccc1OC(=O)c1cccc(C)c1. The van der Waals surface area contributed by atoms with Gasteiger partial charge in [-0.3, -0.25) is 9.59 Å². The van der Waals surface area contributed by atoms with E-state index in [0.29, 0.717) is 59.7 Å². The molecule has 0 unspecified atom stereocenters. The maximum Gasteiger partial charge on any atom is 0.343 e. The Morgan fingerprint density at radius 3 is 2.00 bits per heavy atom. The number of carbonyl (C=O) groups is 3.